The lowest BCUT2D eigenvalue weighted by Gasteiger charge is -2.29. The summed E-state index contributed by atoms with van der Waals surface area (Å²) in [5, 5.41) is 3.72. The summed E-state index contributed by atoms with van der Waals surface area (Å²) in [5.41, 5.74) is 3.07. The quantitative estimate of drug-likeness (QED) is 0.602. The number of aryl methyl sites for hydroxylation is 1. The third-order valence-corrected chi connectivity index (χ3v) is 6.70. The number of nitrogens with zero attached hydrogens (tertiary/aromatic N) is 3. The summed E-state index contributed by atoms with van der Waals surface area (Å²) >= 11 is 1.57. The summed E-state index contributed by atoms with van der Waals surface area (Å²) in [6, 6.07) is 11.4. The number of ether oxygens (including phenoxy) is 2. The molecule has 2 amide bonds. The first kappa shape index (κ1) is 21.5. The number of carbonyl (C=O) groups excluding carboxylic acids is 2. The van der Waals surface area contributed by atoms with E-state index in [1.165, 1.54) is 4.90 Å². The molecule has 0 spiro atoms. The van der Waals surface area contributed by atoms with E-state index in [0.717, 1.165) is 46.3 Å². The minimum Gasteiger partial charge on any atom is -0.482 e. The first-order valence-corrected chi connectivity index (χ1v) is 11.7. The van der Waals surface area contributed by atoms with Gasteiger partial charge in [-0.25, -0.2) is 4.98 Å². The number of pyridine rings is 1. The van der Waals surface area contributed by atoms with Crippen LogP contribution in [0.15, 0.2) is 42.6 Å². The van der Waals surface area contributed by atoms with Crippen LogP contribution in [0.4, 0.5) is 5.69 Å². The molecule has 0 saturated carbocycles. The maximum atomic E-state index is 12.6. The Morgan fingerprint density at radius 2 is 2.21 bits per heavy atom. The van der Waals surface area contributed by atoms with E-state index in [1.54, 1.807) is 17.5 Å². The van der Waals surface area contributed by atoms with Crippen LogP contribution < -0.4 is 15.0 Å². The van der Waals surface area contributed by atoms with Gasteiger partial charge in [-0.05, 0) is 50.1 Å². The number of thiazole rings is 1. The van der Waals surface area contributed by atoms with Gasteiger partial charge in [0, 0.05) is 29.8 Å². The van der Waals surface area contributed by atoms with Gasteiger partial charge >= 0.3 is 0 Å². The molecule has 1 atom stereocenters. The number of fused-ring (bicyclic) bond motifs is 1. The highest BCUT2D eigenvalue weighted by atomic mass is 32.1. The molecule has 1 unspecified atom stereocenters. The second-order valence-corrected chi connectivity index (χ2v) is 9.23. The Balaban J connectivity index is 1.38. The van der Waals surface area contributed by atoms with Crippen molar-refractivity contribution >= 4 is 28.8 Å². The molecule has 0 aliphatic carbocycles. The highest BCUT2D eigenvalue weighted by molar-refractivity contribution is 7.15. The Kier molecular flexibility index (Phi) is 6.06. The van der Waals surface area contributed by atoms with E-state index in [-0.39, 0.29) is 31.1 Å². The summed E-state index contributed by atoms with van der Waals surface area (Å²) in [6.07, 6.45) is 3.75. The Morgan fingerprint density at radius 1 is 1.30 bits per heavy atom. The predicted octanol–water partition coefficient (Wildman–Crippen LogP) is 3.20. The second kappa shape index (κ2) is 9.29. The number of nitrogens with one attached hydrogen (secondary N) is 1. The Bertz CT molecular complexity index is 1170. The van der Waals surface area contributed by atoms with E-state index in [0.29, 0.717) is 18.0 Å². The van der Waals surface area contributed by atoms with Crippen molar-refractivity contribution in [3.8, 4) is 27.7 Å². The lowest BCUT2D eigenvalue weighted by Crippen LogP contribution is -2.46. The van der Waals surface area contributed by atoms with Crippen molar-refractivity contribution in [1.82, 2.24) is 15.3 Å². The first-order valence-electron chi connectivity index (χ1n) is 10.9. The molecule has 0 radical (unpaired) electrons. The van der Waals surface area contributed by atoms with E-state index < -0.39 is 0 Å². The summed E-state index contributed by atoms with van der Waals surface area (Å²) < 4.78 is 11.2. The Labute approximate surface area is 195 Å². The molecule has 33 heavy (non-hydrogen) atoms. The third-order valence-electron chi connectivity index (χ3n) is 5.71. The molecule has 1 saturated heterocycles. The maximum Gasteiger partial charge on any atom is 0.265 e. The van der Waals surface area contributed by atoms with Crippen LogP contribution in [0.2, 0.25) is 0 Å². The third kappa shape index (κ3) is 4.60. The molecule has 2 aliphatic rings. The van der Waals surface area contributed by atoms with Crippen LogP contribution in [0.25, 0.3) is 22.0 Å². The standard InChI is InChI=1S/C24H24N4O4S/c1-15-23(27-24(33-15)18-6-2-3-9-25-18)16-7-8-20-19(11-16)28(22(30)14-32-20)13-21(29)26-12-17-5-4-10-31-17/h2-3,6-9,11,17H,4-5,10,12-14H2,1H3,(H,26,29). The minimum absolute atomic E-state index is 0.0502. The predicted molar refractivity (Wildman–Crippen MR) is 125 cm³/mol. The van der Waals surface area contributed by atoms with Gasteiger partial charge in [0.1, 0.15) is 17.3 Å². The van der Waals surface area contributed by atoms with Crippen molar-refractivity contribution in [2.24, 2.45) is 0 Å². The van der Waals surface area contributed by atoms with E-state index in [1.807, 2.05) is 43.3 Å². The van der Waals surface area contributed by atoms with Crippen LogP contribution in [-0.2, 0) is 14.3 Å². The summed E-state index contributed by atoms with van der Waals surface area (Å²) in [4.78, 5) is 36.9. The van der Waals surface area contributed by atoms with E-state index >= 15 is 0 Å². The Morgan fingerprint density at radius 3 is 3.00 bits per heavy atom. The fourth-order valence-electron chi connectivity index (χ4n) is 4.02. The zero-order valence-corrected chi connectivity index (χ0v) is 19.1. The molecule has 8 nitrogen and oxygen atoms in total. The number of amides is 2. The van der Waals surface area contributed by atoms with Crippen molar-refractivity contribution < 1.29 is 19.1 Å². The van der Waals surface area contributed by atoms with Crippen LogP contribution >= 0.6 is 11.3 Å². The zero-order chi connectivity index (χ0) is 22.8. The summed E-state index contributed by atoms with van der Waals surface area (Å²) in [5.74, 6) is 0.0959. The molecule has 1 N–H and O–H groups in total. The number of hydrogen-bond acceptors (Lipinski definition) is 7. The molecule has 9 heteroatoms. The van der Waals surface area contributed by atoms with Crippen LogP contribution in [0, 0.1) is 6.92 Å². The highest BCUT2D eigenvalue weighted by Crippen LogP contribution is 2.38. The van der Waals surface area contributed by atoms with Gasteiger partial charge in [0.2, 0.25) is 5.91 Å². The molecule has 3 aromatic rings. The average Bonchev–Trinajstić information content (AvgIpc) is 3.50. The van der Waals surface area contributed by atoms with Crippen LogP contribution in [0.1, 0.15) is 17.7 Å². The van der Waals surface area contributed by atoms with Gasteiger partial charge in [-0.3, -0.25) is 19.5 Å². The number of benzene rings is 1. The van der Waals surface area contributed by atoms with Gasteiger partial charge in [0.05, 0.1) is 23.2 Å². The van der Waals surface area contributed by atoms with Gasteiger partial charge in [-0.15, -0.1) is 11.3 Å². The van der Waals surface area contributed by atoms with Crippen LogP contribution in [0.3, 0.4) is 0 Å². The van der Waals surface area contributed by atoms with Gasteiger partial charge < -0.3 is 14.8 Å². The molecule has 1 fully saturated rings. The summed E-state index contributed by atoms with van der Waals surface area (Å²) in [6.45, 7) is 3.04. The minimum atomic E-state index is -0.254. The normalized spacial score (nSPS) is 17.5. The molecule has 1 aromatic carbocycles. The van der Waals surface area contributed by atoms with E-state index in [9.17, 15) is 9.59 Å². The molecule has 170 valence electrons. The molecular weight excluding hydrogens is 440 g/mol. The number of anilines is 1. The topological polar surface area (TPSA) is 93.7 Å². The van der Waals surface area contributed by atoms with Gasteiger partial charge in [0.15, 0.2) is 6.61 Å². The SMILES string of the molecule is Cc1sc(-c2ccccn2)nc1-c1ccc2c(c1)N(CC(=O)NCC1CCCO1)C(=O)CO2. The largest absolute Gasteiger partial charge is 0.482 e. The molecule has 2 aromatic heterocycles. The highest BCUT2D eigenvalue weighted by Gasteiger charge is 2.28. The number of rotatable bonds is 6. The van der Waals surface area contributed by atoms with Gasteiger partial charge in [-0.2, -0.15) is 0 Å². The zero-order valence-electron chi connectivity index (χ0n) is 18.2. The summed E-state index contributed by atoms with van der Waals surface area (Å²) in [7, 11) is 0. The molecule has 5 rings (SSSR count). The van der Waals surface area contributed by atoms with Crippen molar-refractivity contribution in [1.29, 1.82) is 0 Å². The lowest BCUT2D eigenvalue weighted by molar-refractivity contribution is -0.125. The van der Waals surface area contributed by atoms with Crippen molar-refractivity contribution in [3.63, 3.8) is 0 Å². The molecular formula is C24H24N4O4S. The van der Waals surface area contributed by atoms with Crippen LogP contribution in [-0.4, -0.2) is 54.2 Å². The fourth-order valence-corrected chi connectivity index (χ4v) is 4.93. The van der Waals surface area contributed by atoms with Crippen molar-refractivity contribution in [2.75, 3.05) is 31.2 Å². The number of carbonyl (C=O) groups is 2. The average molecular weight is 465 g/mol. The lowest BCUT2D eigenvalue weighted by atomic mass is 10.1. The van der Waals surface area contributed by atoms with E-state index in [4.69, 9.17) is 14.5 Å². The smallest absolute Gasteiger partial charge is 0.265 e. The molecule has 4 heterocycles. The van der Waals surface area contributed by atoms with Crippen molar-refractivity contribution in [3.05, 3.63) is 47.5 Å². The molecule has 0 bridgehead atoms. The van der Waals surface area contributed by atoms with Crippen LogP contribution in [0.5, 0.6) is 5.75 Å². The van der Waals surface area contributed by atoms with E-state index in [2.05, 4.69) is 10.3 Å². The van der Waals surface area contributed by atoms with Crippen molar-refractivity contribution in [2.45, 2.75) is 25.9 Å². The monoisotopic (exact) mass is 464 g/mol. The van der Waals surface area contributed by atoms with Gasteiger partial charge in [-0.1, -0.05) is 6.07 Å². The van der Waals surface area contributed by atoms with Gasteiger partial charge in [0.25, 0.3) is 5.91 Å². The number of aromatic nitrogens is 2. The second-order valence-electron chi connectivity index (χ2n) is 8.03. The Hall–Kier alpha value is -3.30. The fraction of sp³-hybridized carbons (Fsp3) is 0.333. The molecule has 2 aliphatic heterocycles. The maximum absolute atomic E-state index is 12.6. The first-order chi connectivity index (χ1) is 16.1. The number of hydrogen-bond donors (Lipinski definition) is 1.